The SMILES string of the molecule is CCC[C@@]1(c2ccccc2)NC(=O)N(CC(=O)N[C@@H](CC(C)C)c2ccccc2)C1=O. The number of carbonyl (C=O) groups excluding carboxylic acids is 3. The molecule has 1 fully saturated rings. The van der Waals surface area contributed by atoms with Crippen LogP contribution in [0.25, 0.3) is 0 Å². The lowest BCUT2D eigenvalue weighted by Gasteiger charge is -2.27. The molecule has 2 N–H and O–H groups in total. The molecule has 1 heterocycles. The summed E-state index contributed by atoms with van der Waals surface area (Å²) in [6.07, 6.45) is 1.95. The van der Waals surface area contributed by atoms with Crippen molar-refractivity contribution in [1.29, 1.82) is 0 Å². The smallest absolute Gasteiger partial charge is 0.325 e. The van der Waals surface area contributed by atoms with Crippen LogP contribution in [0.1, 0.15) is 57.2 Å². The van der Waals surface area contributed by atoms with E-state index in [1.165, 1.54) is 0 Å². The topological polar surface area (TPSA) is 78.5 Å². The van der Waals surface area contributed by atoms with Crippen LogP contribution in [0.5, 0.6) is 0 Å². The molecule has 1 aliphatic rings. The summed E-state index contributed by atoms with van der Waals surface area (Å²) in [6, 6.07) is 18.3. The molecule has 1 saturated heterocycles. The van der Waals surface area contributed by atoms with Gasteiger partial charge >= 0.3 is 6.03 Å². The minimum Gasteiger partial charge on any atom is -0.348 e. The van der Waals surface area contributed by atoms with Gasteiger partial charge in [-0.05, 0) is 29.9 Å². The van der Waals surface area contributed by atoms with Crippen molar-refractivity contribution in [2.24, 2.45) is 5.92 Å². The number of urea groups is 1. The minimum absolute atomic E-state index is 0.177. The average Bonchev–Trinajstić information content (AvgIpc) is 2.99. The van der Waals surface area contributed by atoms with E-state index in [9.17, 15) is 14.4 Å². The predicted molar refractivity (Wildman–Crippen MR) is 120 cm³/mol. The van der Waals surface area contributed by atoms with Crippen molar-refractivity contribution in [3.05, 3.63) is 71.8 Å². The summed E-state index contributed by atoms with van der Waals surface area (Å²) in [5.74, 6) is -0.350. The summed E-state index contributed by atoms with van der Waals surface area (Å²) in [5, 5.41) is 5.88. The summed E-state index contributed by atoms with van der Waals surface area (Å²) in [5.41, 5.74) is 0.621. The van der Waals surface area contributed by atoms with Gasteiger partial charge in [0.25, 0.3) is 5.91 Å². The molecule has 164 valence electrons. The summed E-state index contributed by atoms with van der Waals surface area (Å²) < 4.78 is 0. The number of hydrogen-bond acceptors (Lipinski definition) is 3. The number of nitrogens with one attached hydrogen (secondary N) is 2. The molecular weight excluding hydrogens is 390 g/mol. The highest BCUT2D eigenvalue weighted by Crippen LogP contribution is 2.33. The first kappa shape index (κ1) is 22.5. The van der Waals surface area contributed by atoms with E-state index in [1.807, 2.05) is 67.6 Å². The van der Waals surface area contributed by atoms with Crippen LogP contribution in [-0.4, -0.2) is 29.3 Å². The predicted octanol–water partition coefficient (Wildman–Crippen LogP) is 4.14. The first-order valence-electron chi connectivity index (χ1n) is 10.9. The van der Waals surface area contributed by atoms with Crippen LogP contribution in [0.15, 0.2) is 60.7 Å². The maximum Gasteiger partial charge on any atom is 0.325 e. The quantitative estimate of drug-likeness (QED) is 0.598. The molecule has 3 rings (SSSR count). The van der Waals surface area contributed by atoms with Gasteiger partial charge in [-0.2, -0.15) is 0 Å². The lowest BCUT2D eigenvalue weighted by atomic mass is 9.85. The molecule has 2 aromatic rings. The Morgan fingerprint density at radius 3 is 2.23 bits per heavy atom. The Hall–Kier alpha value is -3.15. The highest BCUT2D eigenvalue weighted by Gasteiger charge is 2.52. The Morgan fingerprint density at radius 1 is 1.03 bits per heavy atom. The van der Waals surface area contributed by atoms with Gasteiger partial charge in [-0.15, -0.1) is 0 Å². The molecule has 2 aromatic carbocycles. The van der Waals surface area contributed by atoms with E-state index in [0.717, 1.165) is 22.4 Å². The van der Waals surface area contributed by atoms with Gasteiger partial charge in [-0.1, -0.05) is 87.9 Å². The zero-order chi connectivity index (χ0) is 22.4. The van der Waals surface area contributed by atoms with Gasteiger partial charge in [-0.3, -0.25) is 14.5 Å². The third-order valence-corrected chi connectivity index (χ3v) is 5.61. The maximum absolute atomic E-state index is 13.4. The number of hydrogen-bond donors (Lipinski definition) is 2. The largest absolute Gasteiger partial charge is 0.348 e. The Balaban J connectivity index is 1.77. The second kappa shape index (κ2) is 9.77. The lowest BCUT2D eigenvalue weighted by Crippen LogP contribution is -2.45. The van der Waals surface area contributed by atoms with E-state index >= 15 is 0 Å². The Morgan fingerprint density at radius 2 is 1.65 bits per heavy atom. The number of imide groups is 1. The number of benzene rings is 2. The van der Waals surface area contributed by atoms with Crippen LogP contribution in [0.4, 0.5) is 4.79 Å². The van der Waals surface area contributed by atoms with Crippen molar-refractivity contribution >= 4 is 17.8 Å². The van der Waals surface area contributed by atoms with Gasteiger partial charge in [0.2, 0.25) is 5.91 Å². The second-order valence-electron chi connectivity index (χ2n) is 8.50. The molecule has 2 atom stereocenters. The molecule has 0 spiro atoms. The molecule has 4 amide bonds. The van der Waals surface area contributed by atoms with E-state index in [-0.39, 0.29) is 24.4 Å². The lowest BCUT2D eigenvalue weighted by molar-refractivity contribution is -0.135. The first-order valence-corrected chi connectivity index (χ1v) is 10.9. The standard InChI is InChI=1S/C25H31N3O3/c1-4-15-25(20-13-9-6-10-14-20)23(30)28(24(31)27-25)17-22(29)26-21(16-18(2)3)19-11-7-5-8-12-19/h5-14,18,21H,4,15-17H2,1-3H3,(H,26,29)(H,27,31)/t21-,25-/m0/s1. The molecular formula is C25H31N3O3. The first-order chi connectivity index (χ1) is 14.9. The van der Waals surface area contributed by atoms with Crippen molar-refractivity contribution in [2.45, 2.75) is 51.6 Å². The Labute approximate surface area is 184 Å². The molecule has 0 aliphatic carbocycles. The van der Waals surface area contributed by atoms with Gasteiger partial charge in [0.05, 0.1) is 6.04 Å². The van der Waals surface area contributed by atoms with Gasteiger partial charge in [0, 0.05) is 0 Å². The van der Waals surface area contributed by atoms with Crippen molar-refractivity contribution in [1.82, 2.24) is 15.5 Å². The monoisotopic (exact) mass is 421 g/mol. The molecule has 0 saturated carbocycles. The van der Waals surface area contributed by atoms with E-state index in [4.69, 9.17) is 0 Å². The van der Waals surface area contributed by atoms with Crippen LogP contribution in [0.2, 0.25) is 0 Å². The summed E-state index contributed by atoms with van der Waals surface area (Å²) >= 11 is 0. The Kier molecular flexibility index (Phi) is 7.10. The molecule has 0 aromatic heterocycles. The molecule has 0 unspecified atom stereocenters. The molecule has 31 heavy (non-hydrogen) atoms. The van der Waals surface area contributed by atoms with Crippen LogP contribution in [0, 0.1) is 5.92 Å². The fourth-order valence-electron chi connectivity index (χ4n) is 4.20. The summed E-state index contributed by atoms with van der Waals surface area (Å²) in [7, 11) is 0. The van der Waals surface area contributed by atoms with E-state index in [2.05, 4.69) is 24.5 Å². The van der Waals surface area contributed by atoms with Crippen LogP contribution in [-0.2, 0) is 15.1 Å². The van der Waals surface area contributed by atoms with E-state index in [0.29, 0.717) is 18.8 Å². The third kappa shape index (κ3) is 4.95. The zero-order valence-electron chi connectivity index (χ0n) is 18.4. The normalized spacial score (nSPS) is 19.4. The molecule has 6 nitrogen and oxygen atoms in total. The van der Waals surface area contributed by atoms with Crippen molar-refractivity contribution in [2.75, 3.05) is 6.54 Å². The van der Waals surface area contributed by atoms with Crippen molar-refractivity contribution < 1.29 is 14.4 Å². The summed E-state index contributed by atoms with van der Waals surface area (Å²) in [6.45, 7) is 5.86. The zero-order valence-corrected chi connectivity index (χ0v) is 18.4. The average molecular weight is 422 g/mol. The van der Waals surface area contributed by atoms with Gasteiger partial charge in [-0.25, -0.2) is 4.79 Å². The third-order valence-electron chi connectivity index (χ3n) is 5.61. The number of nitrogens with zero attached hydrogens (tertiary/aromatic N) is 1. The fraction of sp³-hybridized carbons (Fsp3) is 0.400. The number of amides is 4. The van der Waals surface area contributed by atoms with Gasteiger partial charge in [0.1, 0.15) is 12.1 Å². The van der Waals surface area contributed by atoms with Gasteiger partial charge in [0.15, 0.2) is 0 Å². The van der Waals surface area contributed by atoms with Gasteiger partial charge < -0.3 is 10.6 Å². The van der Waals surface area contributed by atoms with Crippen LogP contribution in [0.3, 0.4) is 0 Å². The maximum atomic E-state index is 13.4. The second-order valence-corrected chi connectivity index (χ2v) is 8.50. The van der Waals surface area contributed by atoms with Crippen molar-refractivity contribution in [3.8, 4) is 0 Å². The van der Waals surface area contributed by atoms with Crippen LogP contribution < -0.4 is 10.6 Å². The number of rotatable bonds is 9. The highest BCUT2D eigenvalue weighted by molar-refractivity contribution is 6.09. The number of carbonyl (C=O) groups is 3. The molecule has 0 bridgehead atoms. The van der Waals surface area contributed by atoms with E-state index < -0.39 is 11.6 Å². The molecule has 6 heteroatoms. The fourth-order valence-corrected chi connectivity index (χ4v) is 4.20. The molecule has 0 radical (unpaired) electrons. The summed E-state index contributed by atoms with van der Waals surface area (Å²) in [4.78, 5) is 40.0. The molecule has 1 aliphatic heterocycles. The van der Waals surface area contributed by atoms with Crippen molar-refractivity contribution in [3.63, 3.8) is 0 Å². The minimum atomic E-state index is -1.12. The van der Waals surface area contributed by atoms with Crippen LogP contribution >= 0.6 is 0 Å². The Bertz CT molecular complexity index is 914. The highest BCUT2D eigenvalue weighted by atomic mass is 16.2. The van der Waals surface area contributed by atoms with E-state index in [1.54, 1.807) is 0 Å².